The fourth-order valence-corrected chi connectivity index (χ4v) is 2.20. The van der Waals surface area contributed by atoms with E-state index in [1.54, 1.807) is 0 Å². The third-order valence-electron chi connectivity index (χ3n) is 3.28. The van der Waals surface area contributed by atoms with Crippen LogP contribution in [0, 0.1) is 20.8 Å². The zero-order valence-electron chi connectivity index (χ0n) is 12.6. The van der Waals surface area contributed by atoms with Gasteiger partial charge >= 0.3 is 0 Å². The molecule has 20 heavy (non-hydrogen) atoms. The third-order valence-corrected chi connectivity index (χ3v) is 3.28. The fourth-order valence-electron chi connectivity index (χ4n) is 2.20. The van der Waals surface area contributed by atoms with E-state index < -0.39 is 0 Å². The van der Waals surface area contributed by atoms with Crippen molar-refractivity contribution in [3.05, 3.63) is 59.2 Å². The van der Waals surface area contributed by atoms with Crippen LogP contribution in [0.5, 0.6) is 5.75 Å². The van der Waals surface area contributed by atoms with Gasteiger partial charge < -0.3 is 10.1 Å². The van der Waals surface area contributed by atoms with E-state index in [2.05, 4.69) is 56.4 Å². The van der Waals surface area contributed by atoms with Crippen LogP contribution in [0.1, 0.15) is 23.1 Å². The summed E-state index contributed by atoms with van der Waals surface area (Å²) in [6.45, 7) is 8.00. The molecule has 0 amide bonds. The molecule has 0 saturated heterocycles. The molecule has 2 aromatic rings. The Morgan fingerprint density at radius 3 is 2.50 bits per heavy atom. The van der Waals surface area contributed by atoms with Crippen molar-refractivity contribution in [3.63, 3.8) is 0 Å². The minimum atomic E-state index is 0.737. The highest BCUT2D eigenvalue weighted by Gasteiger charge is 1.98. The second-order valence-corrected chi connectivity index (χ2v) is 5.26. The maximum absolute atomic E-state index is 5.73. The summed E-state index contributed by atoms with van der Waals surface area (Å²) < 4.78 is 5.73. The number of hydrogen-bond acceptors (Lipinski definition) is 2. The van der Waals surface area contributed by atoms with E-state index in [0.29, 0.717) is 0 Å². The molecule has 0 unspecified atom stereocenters. The molecular formula is C18H23NO. The van der Waals surface area contributed by atoms with Crippen molar-refractivity contribution in [1.82, 2.24) is 0 Å². The number of rotatable bonds is 6. The van der Waals surface area contributed by atoms with Crippen molar-refractivity contribution >= 4 is 5.69 Å². The van der Waals surface area contributed by atoms with E-state index in [1.807, 2.05) is 12.1 Å². The van der Waals surface area contributed by atoms with Gasteiger partial charge in [0.25, 0.3) is 0 Å². The van der Waals surface area contributed by atoms with Crippen LogP contribution in [0.4, 0.5) is 5.69 Å². The monoisotopic (exact) mass is 269 g/mol. The Bertz CT molecular complexity index is 563. The Kier molecular flexibility index (Phi) is 5.05. The summed E-state index contributed by atoms with van der Waals surface area (Å²) in [5.74, 6) is 0.955. The minimum Gasteiger partial charge on any atom is -0.494 e. The summed E-state index contributed by atoms with van der Waals surface area (Å²) >= 11 is 0. The van der Waals surface area contributed by atoms with Crippen LogP contribution in [0.3, 0.4) is 0 Å². The normalized spacial score (nSPS) is 10.3. The molecule has 0 radical (unpaired) electrons. The van der Waals surface area contributed by atoms with Gasteiger partial charge in [0, 0.05) is 12.2 Å². The molecule has 0 atom stereocenters. The summed E-state index contributed by atoms with van der Waals surface area (Å²) in [5, 5.41) is 3.46. The maximum Gasteiger partial charge on any atom is 0.119 e. The van der Waals surface area contributed by atoms with Crippen LogP contribution >= 0.6 is 0 Å². The molecule has 0 aliphatic rings. The van der Waals surface area contributed by atoms with Gasteiger partial charge in [-0.25, -0.2) is 0 Å². The molecule has 0 aliphatic heterocycles. The molecule has 1 N–H and O–H groups in total. The van der Waals surface area contributed by atoms with Gasteiger partial charge in [0.2, 0.25) is 0 Å². The number of benzene rings is 2. The number of nitrogens with one attached hydrogen (secondary N) is 1. The first kappa shape index (κ1) is 14.4. The third kappa shape index (κ3) is 4.30. The number of ether oxygens (including phenoxy) is 1. The summed E-state index contributed by atoms with van der Waals surface area (Å²) in [7, 11) is 0. The zero-order valence-corrected chi connectivity index (χ0v) is 12.6. The van der Waals surface area contributed by atoms with Gasteiger partial charge in [-0.2, -0.15) is 0 Å². The average Bonchev–Trinajstić information content (AvgIpc) is 2.41. The van der Waals surface area contributed by atoms with Crippen LogP contribution in [0.15, 0.2) is 42.5 Å². The molecule has 0 spiro atoms. The van der Waals surface area contributed by atoms with Gasteiger partial charge in [-0.15, -0.1) is 0 Å². The van der Waals surface area contributed by atoms with Crippen molar-refractivity contribution in [1.29, 1.82) is 0 Å². The summed E-state index contributed by atoms with van der Waals surface area (Å²) in [5.41, 5.74) is 5.04. The lowest BCUT2D eigenvalue weighted by atomic mass is 10.1. The van der Waals surface area contributed by atoms with Crippen LogP contribution in [0.25, 0.3) is 0 Å². The van der Waals surface area contributed by atoms with Gasteiger partial charge in [-0.05, 0) is 56.5 Å². The predicted molar refractivity (Wildman–Crippen MR) is 85.7 cm³/mol. The molecule has 2 heteroatoms. The second kappa shape index (κ2) is 6.99. The van der Waals surface area contributed by atoms with E-state index in [4.69, 9.17) is 4.74 Å². The van der Waals surface area contributed by atoms with Crippen LogP contribution in [0.2, 0.25) is 0 Å². The van der Waals surface area contributed by atoms with Crippen molar-refractivity contribution in [2.75, 3.05) is 18.5 Å². The molecule has 2 aromatic carbocycles. The Morgan fingerprint density at radius 1 is 0.950 bits per heavy atom. The smallest absolute Gasteiger partial charge is 0.119 e. The molecule has 0 saturated carbocycles. The van der Waals surface area contributed by atoms with Gasteiger partial charge in [0.1, 0.15) is 5.75 Å². The lowest BCUT2D eigenvalue weighted by molar-refractivity contribution is 0.315. The lowest BCUT2D eigenvalue weighted by Gasteiger charge is -2.11. The molecule has 106 valence electrons. The topological polar surface area (TPSA) is 21.3 Å². The molecular weight excluding hydrogens is 246 g/mol. The molecule has 0 fully saturated rings. The maximum atomic E-state index is 5.73. The first-order valence-corrected chi connectivity index (χ1v) is 7.16. The van der Waals surface area contributed by atoms with E-state index in [0.717, 1.165) is 25.3 Å². The van der Waals surface area contributed by atoms with E-state index in [1.165, 1.54) is 22.4 Å². The second-order valence-electron chi connectivity index (χ2n) is 5.26. The quantitative estimate of drug-likeness (QED) is 0.780. The number of aryl methyl sites for hydroxylation is 3. The fraction of sp³-hybridized carbons (Fsp3) is 0.333. The Labute approximate surface area is 121 Å². The van der Waals surface area contributed by atoms with Crippen LogP contribution < -0.4 is 10.1 Å². The highest BCUT2D eigenvalue weighted by atomic mass is 16.5. The van der Waals surface area contributed by atoms with Crippen molar-refractivity contribution in [2.45, 2.75) is 27.2 Å². The summed E-state index contributed by atoms with van der Waals surface area (Å²) in [6.07, 6.45) is 0.987. The van der Waals surface area contributed by atoms with Crippen LogP contribution in [-0.4, -0.2) is 13.2 Å². The highest BCUT2D eigenvalue weighted by Crippen LogP contribution is 2.16. The SMILES string of the molecule is Cc1cccc(OCCCNc2ccc(C)cc2C)c1. The van der Waals surface area contributed by atoms with Gasteiger partial charge in [0.15, 0.2) is 0 Å². The molecule has 0 heterocycles. The van der Waals surface area contributed by atoms with Crippen LogP contribution in [-0.2, 0) is 0 Å². The molecule has 0 aliphatic carbocycles. The van der Waals surface area contributed by atoms with Gasteiger partial charge in [0.05, 0.1) is 6.61 Å². The zero-order chi connectivity index (χ0) is 14.4. The summed E-state index contributed by atoms with van der Waals surface area (Å²) in [6, 6.07) is 14.7. The molecule has 0 bridgehead atoms. The van der Waals surface area contributed by atoms with E-state index in [-0.39, 0.29) is 0 Å². The molecule has 2 nitrogen and oxygen atoms in total. The first-order valence-electron chi connectivity index (χ1n) is 7.16. The average molecular weight is 269 g/mol. The number of hydrogen-bond donors (Lipinski definition) is 1. The highest BCUT2D eigenvalue weighted by molar-refractivity contribution is 5.51. The largest absolute Gasteiger partial charge is 0.494 e. The van der Waals surface area contributed by atoms with Crippen molar-refractivity contribution < 1.29 is 4.74 Å². The lowest BCUT2D eigenvalue weighted by Crippen LogP contribution is -2.08. The first-order chi connectivity index (χ1) is 9.65. The van der Waals surface area contributed by atoms with Crippen molar-refractivity contribution in [3.8, 4) is 5.75 Å². The molecule has 0 aromatic heterocycles. The standard InChI is InChI=1S/C18H23NO/c1-14-6-4-7-17(13-14)20-11-5-10-19-18-9-8-15(2)12-16(18)3/h4,6-9,12-13,19H,5,10-11H2,1-3H3. The van der Waals surface area contributed by atoms with Crippen molar-refractivity contribution in [2.24, 2.45) is 0 Å². The minimum absolute atomic E-state index is 0.737. The number of anilines is 1. The van der Waals surface area contributed by atoms with E-state index >= 15 is 0 Å². The predicted octanol–water partition coefficient (Wildman–Crippen LogP) is 4.49. The molecule has 2 rings (SSSR count). The van der Waals surface area contributed by atoms with E-state index in [9.17, 15) is 0 Å². The van der Waals surface area contributed by atoms with Gasteiger partial charge in [-0.1, -0.05) is 29.8 Å². The Balaban J connectivity index is 1.71. The summed E-state index contributed by atoms with van der Waals surface area (Å²) in [4.78, 5) is 0. The Hall–Kier alpha value is -1.96. The Morgan fingerprint density at radius 2 is 1.75 bits per heavy atom. The van der Waals surface area contributed by atoms with Gasteiger partial charge in [-0.3, -0.25) is 0 Å².